The molecule has 0 radical (unpaired) electrons. The highest BCUT2D eigenvalue weighted by atomic mass is 35.5. The van der Waals surface area contributed by atoms with Gasteiger partial charge in [-0.05, 0) is 38.1 Å². The molecule has 0 fully saturated rings. The van der Waals surface area contributed by atoms with Gasteiger partial charge in [0.1, 0.15) is 5.82 Å². The van der Waals surface area contributed by atoms with Crippen LogP contribution in [0, 0.1) is 13.8 Å². The lowest BCUT2D eigenvalue weighted by Gasteiger charge is -2.10. The number of benzene rings is 2. The SMILES string of the molecule is Cc1ccc(-n2c(C)nnc2SCC(=O)Nc2c(Cl)cccc2Cl)cc1. The third-order valence-corrected chi connectivity index (χ3v) is 5.21. The van der Waals surface area contributed by atoms with E-state index in [4.69, 9.17) is 23.2 Å². The second-order valence-electron chi connectivity index (χ2n) is 5.63. The standard InChI is InChI=1S/C18H16Cl2N4OS/c1-11-6-8-13(9-7-11)24-12(2)22-23-18(24)26-10-16(25)21-17-14(19)4-3-5-15(17)20/h3-9H,10H2,1-2H3,(H,21,25). The molecular weight excluding hydrogens is 391 g/mol. The van der Waals surface area contributed by atoms with Crippen LogP contribution in [-0.4, -0.2) is 26.4 Å². The number of nitrogens with zero attached hydrogens (tertiary/aromatic N) is 3. The summed E-state index contributed by atoms with van der Waals surface area (Å²) in [5.74, 6) is 0.693. The van der Waals surface area contributed by atoms with Gasteiger partial charge in [0.2, 0.25) is 5.91 Å². The molecule has 0 aliphatic carbocycles. The van der Waals surface area contributed by atoms with E-state index in [9.17, 15) is 4.79 Å². The molecule has 0 saturated carbocycles. The molecule has 0 atom stereocenters. The highest BCUT2D eigenvalue weighted by molar-refractivity contribution is 7.99. The second-order valence-corrected chi connectivity index (χ2v) is 7.39. The largest absolute Gasteiger partial charge is 0.323 e. The summed E-state index contributed by atoms with van der Waals surface area (Å²) in [6.07, 6.45) is 0. The number of hydrogen-bond donors (Lipinski definition) is 1. The van der Waals surface area contributed by atoms with E-state index in [1.165, 1.54) is 17.3 Å². The number of amides is 1. The molecule has 0 aliphatic heterocycles. The molecule has 8 heteroatoms. The van der Waals surface area contributed by atoms with Gasteiger partial charge in [-0.3, -0.25) is 9.36 Å². The van der Waals surface area contributed by atoms with Crippen LogP contribution >= 0.6 is 35.0 Å². The third kappa shape index (κ3) is 4.20. The summed E-state index contributed by atoms with van der Waals surface area (Å²) in [7, 11) is 0. The van der Waals surface area contributed by atoms with Gasteiger partial charge < -0.3 is 5.32 Å². The summed E-state index contributed by atoms with van der Waals surface area (Å²) in [6.45, 7) is 3.91. The Balaban J connectivity index is 1.72. The van der Waals surface area contributed by atoms with Crippen molar-refractivity contribution in [1.82, 2.24) is 14.8 Å². The topological polar surface area (TPSA) is 59.8 Å². The van der Waals surface area contributed by atoms with Crippen molar-refractivity contribution >= 4 is 46.6 Å². The summed E-state index contributed by atoms with van der Waals surface area (Å²) >= 11 is 13.5. The third-order valence-electron chi connectivity index (χ3n) is 3.65. The quantitative estimate of drug-likeness (QED) is 0.610. The monoisotopic (exact) mass is 406 g/mol. The van der Waals surface area contributed by atoms with E-state index in [-0.39, 0.29) is 11.7 Å². The van der Waals surface area contributed by atoms with Gasteiger partial charge in [-0.2, -0.15) is 0 Å². The molecule has 0 unspecified atom stereocenters. The van der Waals surface area contributed by atoms with Crippen molar-refractivity contribution < 1.29 is 4.79 Å². The summed E-state index contributed by atoms with van der Waals surface area (Å²) in [5.41, 5.74) is 2.54. The van der Waals surface area contributed by atoms with Crippen molar-refractivity contribution in [1.29, 1.82) is 0 Å². The molecule has 1 aromatic heterocycles. The predicted octanol–water partition coefficient (Wildman–Crippen LogP) is 4.92. The van der Waals surface area contributed by atoms with Gasteiger partial charge in [0.05, 0.1) is 21.5 Å². The molecule has 3 aromatic rings. The molecule has 1 heterocycles. The molecule has 26 heavy (non-hydrogen) atoms. The number of nitrogens with one attached hydrogen (secondary N) is 1. The van der Waals surface area contributed by atoms with Gasteiger partial charge in [0.15, 0.2) is 5.16 Å². The number of carbonyl (C=O) groups is 1. The number of halogens is 2. The van der Waals surface area contributed by atoms with Crippen molar-refractivity contribution in [2.45, 2.75) is 19.0 Å². The maximum Gasteiger partial charge on any atom is 0.234 e. The summed E-state index contributed by atoms with van der Waals surface area (Å²) < 4.78 is 1.92. The number of anilines is 1. The van der Waals surface area contributed by atoms with E-state index in [1.54, 1.807) is 18.2 Å². The van der Waals surface area contributed by atoms with E-state index >= 15 is 0 Å². The molecule has 1 N–H and O–H groups in total. The van der Waals surface area contributed by atoms with Crippen LogP contribution in [0.2, 0.25) is 10.0 Å². The first kappa shape index (κ1) is 18.8. The number of carbonyl (C=O) groups excluding carboxylic acids is 1. The molecule has 1 amide bonds. The maximum atomic E-state index is 12.3. The minimum Gasteiger partial charge on any atom is -0.323 e. The lowest BCUT2D eigenvalue weighted by atomic mass is 10.2. The average molecular weight is 407 g/mol. The lowest BCUT2D eigenvalue weighted by molar-refractivity contribution is -0.113. The van der Waals surface area contributed by atoms with Crippen molar-refractivity contribution in [3.8, 4) is 5.69 Å². The summed E-state index contributed by atoms with van der Waals surface area (Å²) in [5, 5.41) is 12.5. The molecule has 0 bridgehead atoms. The van der Waals surface area contributed by atoms with Crippen LogP contribution < -0.4 is 5.32 Å². The van der Waals surface area contributed by atoms with Gasteiger partial charge in [-0.1, -0.05) is 58.7 Å². The molecule has 2 aromatic carbocycles. The van der Waals surface area contributed by atoms with Crippen molar-refractivity contribution in [2.75, 3.05) is 11.1 Å². The Morgan fingerprint density at radius 2 is 1.73 bits per heavy atom. The van der Waals surface area contributed by atoms with E-state index in [2.05, 4.69) is 15.5 Å². The van der Waals surface area contributed by atoms with Gasteiger partial charge in [0, 0.05) is 5.69 Å². The minimum atomic E-state index is -0.221. The van der Waals surface area contributed by atoms with Crippen LogP contribution in [-0.2, 0) is 4.79 Å². The fraction of sp³-hybridized carbons (Fsp3) is 0.167. The number of rotatable bonds is 5. The Hall–Kier alpha value is -2.02. The Bertz CT molecular complexity index is 921. The minimum absolute atomic E-state index is 0.158. The Morgan fingerprint density at radius 3 is 2.38 bits per heavy atom. The van der Waals surface area contributed by atoms with Crippen LogP contribution in [0.1, 0.15) is 11.4 Å². The highest BCUT2D eigenvalue weighted by Crippen LogP contribution is 2.30. The van der Waals surface area contributed by atoms with E-state index in [0.29, 0.717) is 20.9 Å². The predicted molar refractivity (Wildman–Crippen MR) is 107 cm³/mol. The first-order valence-electron chi connectivity index (χ1n) is 7.81. The van der Waals surface area contributed by atoms with Gasteiger partial charge >= 0.3 is 0 Å². The Morgan fingerprint density at radius 1 is 1.08 bits per heavy atom. The van der Waals surface area contributed by atoms with E-state index in [1.807, 2.05) is 42.7 Å². The number of hydrogen-bond acceptors (Lipinski definition) is 4. The normalized spacial score (nSPS) is 10.8. The zero-order valence-corrected chi connectivity index (χ0v) is 16.5. The fourth-order valence-corrected chi connectivity index (χ4v) is 3.64. The molecule has 0 aliphatic rings. The summed E-state index contributed by atoms with van der Waals surface area (Å²) in [4.78, 5) is 12.3. The number of aryl methyl sites for hydroxylation is 2. The molecule has 134 valence electrons. The Labute approximate surface area is 165 Å². The molecule has 0 spiro atoms. The first-order chi connectivity index (χ1) is 12.5. The van der Waals surface area contributed by atoms with Gasteiger partial charge in [-0.15, -0.1) is 10.2 Å². The smallest absolute Gasteiger partial charge is 0.234 e. The molecule has 3 rings (SSSR count). The van der Waals surface area contributed by atoms with Crippen molar-refractivity contribution in [3.63, 3.8) is 0 Å². The van der Waals surface area contributed by atoms with Crippen LogP contribution in [0.4, 0.5) is 5.69 Å². The van der Waals surface area contributed by atoms with E-state index < -0.39 is 0 Å². The van der Waals surface area contributed by atoms with Gasteiger partial charge in [-0.25, -0.2) is 0 Å². The first-order valence-corrected chi connectivity index (χ1v) is 9.55. The summed E-state index contributed by atoms with van der Waals surface area (Å²) in [6, 6.07) is 13.1. The fourth-order valence-electron chi connectivity index (χ4n) is 2.35. The van der Waals surface area contributed by atoms with E-state index in [0.717, 1.165) is 11.5 Å². The van der Waals surface area contributed by atoms with Gasteiger partial charge in [0.25, 0.3) is 0 Å². The lowest BCUT2D eigenvalue weighted by Crippen LogP contribution is -2.15. The number of para-hydroxylation sites is 1. The highest BCUT2D eigenvalue weighted by Gasteiger charge is 2.15. The zero-order valence-electron chi connectivity index (χ0n) is 14.2. The van der Waals surface area contributed by atoms with Crippen LogP contribution in [0.5, 0.6) is 0 Å². The molecule has 5 nitrogen and oxygen atoms in total. The average Bonchev–Trinajstić information content (AvgIpc) is 2.98. The van der Waals surface area contributed by atoms with Crippen molar-refractivity contribution in [3.05, 3.63) is 63.9 Å². The molecular formula is C18H16Cl2N4OS. The number of thioether (sulfide) groups is 1. The van der Waals surface area contributed by atoms with Crippen LogP contribution in [0.25, 0.3) is 5.69 Å². The zero-order chi connectivity index (χ0) is 18.7. The van der Waals surface area contributed by atoms with Crippen LogP contribution in [0.3, 0.4) is 0 Å². The Kier molecular flexibility index (Phi) is 5.86. The van der Waals surface area contributed by atoms with Crippen molar-refractivity contribution in [2.24, 2.45) is 0 Å². The number of aromatic nitrogens is 3. The second kappa shape index (κ2) is 8.12. The molecule has 0 saturated heterocycles. The van der Waals surface area contributed by atoms with Crippen LogP contribution in [0.15, 0.2) is 47.6 Å². The maximum absolute atomic E-state index is 12.3.